The third kappa shape index (κ3) is 3.67. The van der Waals surface area contributed by atoms with Crippen molar-refractivity contribution in [2.75, 3.05) is 6.54 Å². The molecule has 0 N–H and O–H groups in total. The minimum atomic E-state index is -0.239. The number of aryl methyl sites for hydroxylation is 3. The molecule has 5 heteroatoms. The van der Waals surface area contributed by atoms with E-state index in [1.165, 1.54) is 0 Å². The molecule has 0 unspecified atom stereocenters. The van der Waals surface area contributed by atoms with E-state index in [-0.39, 0.29) is 11.9 Å². The largest absolute Gasteiger partial charge is 0.361 e. The van der Waals surface area contributed by atoms with Gasteiger partial charge in [-0.15, -0.1) is 0 Å². The fourth-order valence-electron chi connectivity index (χ4n) is 3.32. The van der Waals surface area contributed by atoms with Crippen LogP contribution >= 0.6 is 0 Å². The van der Waals surface area contributed by atoms with Crippen molar-refractivity contribution in [3.8, 4) is 0 Å². The summed E-state index contributed by atoms with van der Waals surface area (Å²) in [4.78, 5) is 19.2. The predicted molar refractivity (Wildman–Crippen MR) is 99.9 cm³/mol. The molecule has 1 aromatic carbocycles. The second-order valence-electron chi connectivity index (χ2n) is 6.52. The van der Waals surface area contributed by atoms with Crippen molar-refractivity contribution in [1.29, 1.82) is 0 Å². The highest BCUT2D eigenvalue weighted by molar-refractivity contribution is 5.92. The van der Waals surface area contributed by atoms with E-state index in [1.54, 1.807) is 19.2 Å². The highest BCUT2D eigenvalue weighted by Crippen LogP contribution is 2.30. The standard InChI is InChI=1S/C21H23N3O2/c1-5-24(21(25)19-12-16(4)26-23-19)20(17-7-6-8-22-13-17)18-10-14(2)9-15(3)11-18/h6-13,20H,5H2,1-4H3/t20-/m0/s1. The number of aromatic nitrogens is 2. The fourth-order valence-corrected chi connectivity index (χ4v) is 3.32. The maximum atomic E-state index is 13.1. The van der Waals surface area contributed by atoms with Gasteiger partial charge in [-0.1, -0.05) is 40.5 Å². The zero-order valence-corrected chi connectivity index (χ0v) is 15.6. The molecule has 5 nitrogen and oxygen atoms in total. The molecule has 0 saturated heterocycles. The number of nitrogens with zero attached hydrogens (tertiary/aromatic N) is 3. The number of hydrogen-bond acceptors (Lipinski definition) is 4. The molecule has 2 aromatic heterocycles. The number of pyridine rings is 1. The summed E-state index contributed by atoms with van der Waals surface area (Å²) in [5.74, 6) is 0.464. The van der Waals surface area contributed by atoms with Crippen LogP contribution in [0.1, 0.15) is 51.5 Å². The Bertz CT molecular complexity index is 882. The van der Waals surface area contributed by atoms with E-state index in [0.29, 0.717) is 18.0 Å². The van der Waals surface area contributed by atoms with E-state index in [4.69, 9.17) is 4.52 Å². The van der Waals surface area contributed by atoms with E-state index in [1.807, 2.05) is 30.2 Å². The van der Waals surface area contributed by atoms with Gasteiger partial charge in [-0.3, -0.25) is 9.78 Å². The van der Waals surface area contributed by atoms with Crippen LogP contribution in [0.3, 0.4) is 0 Å². The molecule has 0 fully saturated rings. The summed E-state index contributed by atoms with van der Waals surface area (Å²) in [6.45, 7) is 8.42. The lowest BCUT2D eigenvalue weighted by atomic mass is 9.95. The van der Waals surface area contributed by atoms with Gasteiger partial charge in [0.25, 0.3) is 5.91 Å². The Morgan fingerprint density at radius 3 is 2.38 bits per heavy atom. The number of carbonyl (C=O) groups excluding carboxylic acids is 1. The average molecular weight is 349 g/mol. The minimum absolute atomic E-state index is 0.155. The van der Waals surface area contributed by atoms with Crippen molar-refractivity contribution in [1.82, 2.24) is 15.0 Å². The molecule has 26 heavy (non-hydrogen) atoms. The van der Waals surface area contributed by atoms with Gasteiger partial charge in [0.15, 0.2) is 5.69 Å². The van der Waals surface area contributed by atoms with Crippen LogP contribution in [-0.4, -0.2) is 27.5 Å². The molecule has 0 aliphatic rings. The zero-order chi connectivity index (χ0) is 18.7. The molecule has 134 valence electrons. The maximum Gasteiger partial charge on any atom is 0.276 e. The van der Waals surface area contributed by atoms with Gasteiger partial charge in [-0.05, 0) is 44.9 Å². The number of rotatable bonds is 5. The molecular formula is C21H23N3O2. The Hall–Kier alpha value is -2.95. The van der Waals surface area contributed by atoms with Gasteiger partial charge >= 0.3 is 0 Å². The minimum Gasteiger partial charge on any atom is -0.361 e. The van der Waals surface area contributed by atoms with Crippen LogP contribution in [0, 0.1) is 20.8 Å². The van der Waals surface area contributed by atoms with Crippen molar-refractivity contribution in [2.45, 2.75) is 33.7 Å². The Morgan fingerprint density at radius 1 is 1.12 bits per heavy atom. The van der Waals surface area contributed by atoms with Gasteiger partial charge in [0.2, 0.25) is 0 Å². The third-order valence-electron chi connectivity index (χ3n) is 4.32. The number of carbonyl (C=O) groups is 1. The van der Waals surface area contributed by atoms with Crippen LogP contribution in [0.5, 0.6) is 0 Å². The van der Waals surface area contributed by atoms with Crippen LogP contribution in [0.15, 0.2) is 53.3 Å². The second kappa shape index (κ2) is 7.52. The summed E-state index contributed by atoms with van der Waals surface area (Å²) in [6.07, 6.45) is 3.55. The monoisotopic (exact) mass is 349 g/mol. The quantitative estimate of drug-likeness (QED) is 0.691. The topological polar surface area (TPSA) is 59.2 Å². The third-order valence-corrected chi connectivity index (χ3v) is 4.32. The summed E-state index contributed by atoms with van der Waals surface area (Å²) in [7, 11) is 0. The first kappa shape index (κ1) is 17.9. The molecule has 1 atom stereocenters. The molecule has 0 aliphatic heterocycles. The summed E-state index contributed by atoms with van der Waals surface area (Å²) < 4.78 is 5.10. The Balaban J connectivity index is 2.10. The first-order valence-corrected chi connectivity index (χ1v) is 8.72. The normalized spacial score (nSPS) is 12.0. The van der Waals surface area contributed by atoms with Crippen LogP contribution < -0.4 is 0 Å². The number of hydrogen-bond donors (Lipinski definition) is 0. The lowest BCUT2D eigenvalue weighted by molar-refractivity contribution is 0.0706. The lowest BCUT2D eigenvalue weighted by Crippen LogP contribution is -2.35. The van der Waals surface area contributed by atoms with E-state index in [2.05, 4.69) is 42.2 Å². The van der Waals surface area contributed by atoms with Gasteiger partial charge in [0, 0.05) is 25.0 Å². The molecule has 2 heterocycles. The van der Waals surface area contributed by atoms with Gasteiger partial charge in [-0.25, -0.2) is 0 Å². The predicted octanol–water partition coefficient (Wildman–Crippen LogP) is 4.25. The second-order valence-corrected chi connectivity index (χ2v) is 6.52. The first-order chi connectivity index (χ1) is 12.5. The maximum absolute atomic E-state index is 13.1. The van der Waals surface area contributed by atoms with Gasteiger partial charge in [0.05, 0.1) is 6.04 Å². The lowest BCUT2D eigenvalue weighted by Gasteiger charge is -2.31. The fraction of sp³-hybridized carbons (Fsp3) is 0.286. The highest BCUT2D eigenvalue weighted by Gasteiger charge is 2.28. The van der Waals surface area contributed by atoms with E-state index >= 15 is 0 Å². The highest BCUT2D eigenvalue weighted by atomic mass is 16.5. The van der Waals surface area contributed by atoms with Crippen LogP contribution in [0.25, 0.3) is 0 Å². The first-order valence-electron chi connectivity index (χ1n) is 8.72. The van der Waals surface area contributed by atoms with Crippen LogP contribution in [0.2, 0.25) is 0 Å². The SMILES string of the molecule is CCN(C(=O)c1cc(C)on1)[C@@H](c1cccnc1)c1cc(C)cc(C)c1. The molecule has 0 aliphatic carbocycles. The molecule has 0 bridgehead atoms. The Kier molecular flexibility index (Phi) is 5.16. The molecule has 0 spiro atoms. The summed E-state index contributed by atoms with van der Waals surface area (Å²) in [6, 6.07) is 11.7. The molecule has 0 saturated carbocycles. The summed E-state index contributed by atoms with van der Waals surface area (Å²) >= 11 is 0. The average Bonchev–Trinajstić information content (AvgIpc) is 3.05. The van der Waals surface area contributed by atoms with Crippen molar-refractivity contribution < 1.29 is 9.32 Å². The molecule has 0 radical (unpaired) electrons. The molecular weight excluding hydrogens is 326 g/mol. The smallest absolute Gasteiger partial charge is 0.276 e. The van der Waals surface area contributed by atoms with Gasteiger partial charge in [-0.2, -0.15) is 0 Å². The van der Waals surface area contributed by atoms with Gasteiger partial charge in [0.1, 0.15) is 5.76 Å². The number of benzene rings is 1. The molecule has 1 amide bonds. The summed E-state index contributed by atoms with van der Waals surface area (Å²) in [5, 5.41) is 3.91. The van der Waals surface area contributed by atoms with Crippen molar-refractivity contribution in [2.24, 2.45) is 0 Å². The van der Waals surface area contributed by atoms with E-state index < -0.39 is 0 Å². The van der Waals surface area contributed by atoms with E-state index in [0.717, 1.165) is 22.3 Å². The van der Waals surface area contributed by atoms with Crippen LogP contribution in [-0.2, 0) is 0 Å². The molecule has 3 aromatic rings. The molecule has 3 rings (SSSR count). The summed E-state index contributed by atoms with van der Waals surface area (Å²) in [5.41, 5.74) is 4.67. The zero-order valence-electron chi connectivity index (χ0n) is 15.6. The van der Waals surface area contributed by atoms with Gasteiger partial charge < -0.3 is 9.42 Å². The van der Waals surface area contributed by atoms with E-state index in [9.17, 15) is 4.79 Å². The Morgan fingerprint density at radius 2 is 1.85 bits per heavy atom. The van der Waals surface area contributed by atoms with Crippen molar-refractivity contribution >= 4 is 5.91 Å². The number of amides is 1. The Labute approximate surface area is 153 Å². The van der Waals surface area contributed by atoms with Crippen molar-refractivity contribution in [3.05, 3.63) is 82.5 Å². The van der Waals surface area contributed by atoms with Crippen LogP contribution in [0.4, 0.5) is 0 Å². The van der Waals surface area contributed by atoms with Crippen molar-refractivity contribution in [3.63, 3.8) is 0 Å².